The molecule has 0 atom stereocenters. The van der Waals surface area contributed by atoms with Gasteiger partial charge in [0.1, 0.15) is 0 Å². The number of carbonyl (C=O) groups excluding carboxylic acids is 1. The number of nitro groups is 1. The molecule has 134 valence electrons. The van der Waals surface area contributed by atoms with Gasteiger partial charge in [0.05, 0.1) is 24.3 Å². The Morgan fingerprint density at radius 3 is 2.76 bits per heavy atom. The van der Waals surface area contributed by atoms with Crippen LogP contribution in [0.2, 0.25) is 0 Å². The van der Waals surface area contributed by atoms with E-state index in [1.165, 1.54) is 35.4 Å². The topological polar surface area (TPSA) is 72.7 Å². The van der Waals surface area contributed by atoms with E-state index in [4.69, 9.17) is 4.74 Å². The number of hydrogen-bond acceptors (Lipinski definition) is 6. The lowest BCUT2D eigenvalue weighted by molar-refractivity contribution is -0.385. The molecule has 2 rings (SSSR count). The number of nitrogens with zero attached hydrogens (tertiary/aromatic N) is 2. The minimum Gasteiger partial charge on any atom is -0.490 e. The zero-order chi connectivity index (χ0) is 18.4. The van der Waals surface area contributed by atoms with Gasteiger partial charge in [0.2, 0.25) is 5.91 Å². The molecule has 0 spiro atoms. The third-order valence-electron chi connectivity index (χ3n) is 3.71. The minimum absolute atomic E-state index is 0.0424. The van der Waals surface area contributed by atoms with Gasteiger partial charge in [0.15, 0.2) is 5.75 Å². The van der Waals surface area contributed by atoms with Crippen molar-refractivity contribution in [1.82, 2.24) is 4.90 Å². The number of carbonyl (C=O) groups is 1. The SMILES string of the molecule is COc1ccc(CSCC(=O)N(C)Cc2sccc2C)cc1[N+](=O)[O-]. The highest BCUT2D eigenvalue weighted by Crippen LogP contribution is 2.29. The zero-order valence-electron chi connectivity index (χ0n) is 14.4. The number of rotatable bonds is 8. The third kappa shape index (κ3) is 5.20. The number of aryl methyl sites for hydroxylation is 1. The number of hydrogen-bond donors (Lipinski definition) is 0. The second-order valence-corrected chi connectivity index (χ2v) is 7.52. The van der Waals surface area contributed by atoms with E-state index >= 15 is 0 Å². The first kappa shape index (κ1) is 19.3. The molecular formula is C17H20N2O4S2. The van der Waals surface area contributed by atoms with Gasteiger partial charge < -0.3 is 9.64 Å². The highest BCUT2D eigenvalue weighted by molar-refractivity contribution is 7.99. The molecule has 0 saturated carbocycles. The fourth-order valence-corrected chi connectivity index (χ4v) is 4.07. The Bertz CT molecular complexity index is 761. The Labute approximate surface area is 154 Å². The van der Waals surface area contributed by atoms with Crippen LogP contribution in [0, 0.1) is 17.0 Å². The highest BCUT2D eigenvalue weighted by Gasteiger charge is 2.16. The molecule has 0 aliphatic carbocycles. The fourth-order valence-electron chi connectivity index (χ4n) is 2.20. The Balaban J connectivity index is 1.87. The van der Waals surface area contributed by atoms with E-state index in [1.54, 1.807) is 35.4 Å². The van der Waals surface area contributed by atoms with E-state index in [1.807, 2.05) is 18.4 Å². The average Bonchev–Trinajstić information content (AvgIpc) is 2.99. The zero-order valence-corrected chi connectivity index (χ0v) is 16.0. The summed E-state index contributed by atoms with van der Waals surface area (Å²) in [4.78, 5) is 25.7. The molecule has 0 aliphatic heterocycles. The maximum absolute atomic E-state index is 12.2. The monoisotopic (exact) mass is 380 g/mol. The predicted octanol–water partition coefficient (Wildman–Crippen LogP) is 3.87. The van der Waals surface area contributed by atoms with Crippen LogP contribution in [0.15, 0.2) is 29.6 Å². The molecule has 1 aromatic carbocycles. The second-order valence-electron chi connectivity index (χ2n) is 5.53. The summed E-state index contributed by atoms with van der Waals surface area (Å²) in [6, 6.07) is 6.91. The van der Waals surface area contributed by atoms with Crippen molar-refractivity contribution in [2.45, 2.75) is 19.2 Å². The first-order valence-corrected chi connectivity index (χ1v) is 9.61. The van der Waals surface area contributed by atoms with Crippen LogP contribution in [0.4, 0.5) is 5.69 Å². The quantitative estimate of drug-likeness (QED) is 0.513. The van der Waals surface area contributed by atoms with Crippen LogP contribution in [0.5, 0.6) is 5.75 Å². The normalized spacial score (nSPS) is 10.5. The number of nitro benzene ring substituents is 1. The molecule has 0 aliphatic rings. The predicted molar refractivity (Wildman–Crippen MR) is 101 cm³/mol. The van der Waals surface area contributed by atoms with Crippen LogP contribution in [0.3, 0.4) is 0 Å². The van der Waals surface area contributed by atoms with Crippen LogP contribution in [0.1, 0.15) is 16.0 Å². The van der Waals surface area contributed by atoms with Crippen LogP contribution >= 0.6 is 23.1 Å². The van der Waals surface area contributed by atoms with Gasteiger partial charge in [0.25, 0.3) is 0 Å². The van der Waals surface area contributed by atoms with E-state index in [0.717, 1.165) is 5.56 Å². The summed E-state index contributed by atoms with van der Waals surface area (Å²) in [5.74, 6) is 1.14. The van der Waals surface area contributed by atoms with Crippen molar-refractivity contribution in [3.8, 4) is 5.75 Å². The van der Waals surface area contributed by atoms with E-state index < -0.39 is 4.92 Å². The van der Waals surface area contributed by atoms with E-state index in [2.05, 4.69) is 0 Å². The first-order valence-electron chi connectivity index (χ1n) is 7.58. The van der Waals surface area contributed by atoms with Crippen molar-refractivity contribution >= 4 is 34.7 Å². The maximum atomic E-state index is 12.2. The standard InChI is InChI=1S/C17H20N2O4S2/c1-12-6-7-25-16(12)9-18(2)17(20)11-24-10-13-4-5-15(23-3)14(8-13)19(21)22/h4-8H,9-11H2,1-3H3. The lowest BCUT2D eigenvalue weighted by atomic mass is 10.2. The van der Waals surface area contributed by atoms with Gasteiger partial charge in [0, 0.05) is 23.7 Å². The Morgan fingerprint density at radius 2 is 2.16 bits per heavy atom. The van der Waals surface area contributed by atoms with E-state index in [9.17, 15) is 14.9 Å². The molecule has 6 nitrogen and oxygen atoms in total. The van der Waals surface area contributed by atoms with Crippen LogP contribution in [0.25, 0.3) is 0 Å². The molecule has 0 radical (unpaired) electrons. The van der Waals surface area contributed by atoms with Crippen LogP contribution in [-0.4, -0.2) is 35.6 Å². The summed E-state index contributed by atoms with van der Waals surface area (Å²) in [7, 11) is 3.20. The van der Waals surface area contributed by atoms with E-state index in [-0.39, 0.29) is 17.3 Å². The number of benzene rings is 1. The summed E-state index contributed by atoms with van der Waals surface area (Å²) in [5, 5.41) is 13.1. The van der Waals surface area contributed by atoms with Crippen molar-refractivity contribution in [2.75, 3.05) is 19.9 Å². The average molecular weight is 380 g/mol. The second kappa shape index (κ2) is 8.87. The van der Waals surface area contributed by atoms with Crippen molar-refractivity contribution < 1.29 is 14.5 Å². The summed E-state index contributed by atoms with van der Waals surface area (Å²) < 4.78 is 4.99. The third-order valence-corrected chi connectivity index (χ3v) is 5.71. The van der Waals surface area contributed by atoms with Crippen molar-refractivity contribution in [3.63, 3.8) is 0 Å². The molecule has 0 fully saturated rings. The fraction of sp³-hybridized carbons (Fsp3) is 0.353. The number of thiophene rings is 1. The number of ether oxygens (including phenoxy) is 1. The lowest BCUT2D eigenvalue weighted by Crippen LogP contribution is -2.27. The van der Waals surface area contributed by atoms with E-state index in [0.29, 0.717) is 18.1 Å². The molecule has 1 heterocycles. The maximum Gasteiger partial charge on any atom is 0.311 e. The van der Waals surface area contributed by atoms with Crippen molar-refractivity contribution in [1.29, 1.82) is 0 Å². The molecule has 1 amide bonds. The summed E-state index contributed by atoms with van der Waals surface area (Å²) in [6.07, 6.45) is 0. The molecule has 8 heteroatoms. The molecule has 0 unspecified atom stereocenters. The molecular weight excluding hydrogens is 360 g/mol. The molecule has 1 aromatic heterocycles. The molecule has 25 heavy (non-hydrogen) atoms. The van der Waals surface area contributed by atoms with Gasteiger partial charge >= 0.3 is 5.69 Å². The summed E-state index contributed by atoms with van der Waals surface area (Å²) in [5.41, 5.74) is 1.93. The van der Waals surface area contributed by atoms with Gasteiger partial charge in [-0.1, -0.05) is 6.07 Å². The Morgan fingerprint density at radius 1 is 1.40 bits per heavy atom. The number of amides is 1. The van der Waals surface area contributed by atoms with Crippen LogP contribution < -0.4 is 4.74 Å². The number of methoxy groups -OCH3 is 1. The van der Waals surface area contributed by atoms with Gasteiger partial charge in [-0.25, -0.2) is 0 Å². The highest BCUT2D eigenvalue weighted by atomic mass is 32.2. The molecule has 2 aromatic rings. The largest absolute Gasteiger partial charge is 0.490 e. The number of thioether (sulfide) groups is 1. The Hall–Kier alpha value is -2.06. The minimum atomic E-state index is -0.463. The first-order chi connectivity index (χ1) is 11.9. The molecule has 0 bridgehead atoms. The van der Waals surface area contributed by atoms with Gasteiger partial charge in [-0.3, -0.25) is 14.9 Å². The van der Waals surface area contributed by atoms with Gasteiger partial charge in [-0.2, -0.15) is 0 Å². The molecule has 0 N–H and O–H groups in total. The lowest BCUT2D eigenvalue weighted by Gasteiger charge is -2.16. The van der Waals surface area contributed by atoms with Gasteiger partial charge in [-0.05, 0) is 35.6 Å². The van der Waals surface area contributed by atoms with Crippen molar-refractivity contribution in [2.24, 2.45) is 0 Å². The smallest absolute Gasteiger partial charge is 0.311 e. The van der Waals surface area contributed by atoms with Crippen LogP contribution in [-0.2, 0) is 17.1 Å². The summed E-state index contributed by atoms with van der Waals surface area (Å²) >= 11 is 3.09. The molecule has 0 saturated heterocycles. The Kier molecular flexibility index (Phi) is 6.83. The summed E-state index contributed by atoms with van der Waals surface area (Å²) in [6.45, 7) is 2.65. The van der Waals surface area contributed by atoms with Gasteiger partial charge in [-0.15, -0.1) is 23.1 Å². The van der Waals surface area contributed by atoms with Crippen molar-refractivity contribution in [3.05, 3.63) is 55.8 Å².